The zero-order valence-corrected chi connectivity index (χ0v) is 12.6. The lowest BCUT2D eigenvalue weighted by Gasteiger charge is -2.02. The second kappa shape index (κ2) is 3.96. The number of aryl methyl sites for hydroxylation is 4. The number of hydrogen-bond donors (Lipinski definition) is 0. The van der Waals surface area contributed by atoms with E-state index in [1.165, 1.54) is 29.0 Å². The van der Waals surface area contributed by atoms with Gasteiger partial charge < -0.3 is 0 Å². The maximum Gasteiger partial charge on any atom is 0.00552 e. The molecule has 2 aromatic rings. The summed E-state index contributed by atoms with van der Waals surface area (Å²) in [5.74, 6) is 0. The van der Waals surface area contributed by atoms with Gasteiger partial charge in [0, 0.05) is 25.9 Å². The lowest BCUT2D eigenvalue weighted by atomic mass is 10.0. The molecule has 0 radical (unpaired) electrons. The second-order valence-corrected chi connectivity index (χ2v) is 7.88. The zero-order chi connectivity index (χ0) is 12.2. The molecule has 1 aliphatic carbocycles. The van der Waals surface area contributed by atoms with E-state index in [1.807, 2.05) is 22.7 Å². The van der Waals surface area contributed by atoms with Gasteiger partial charge in [-0.15, -0.1) is 22.7 Å². The van der Waals surface area contributed by atoms with Crippen molar-refractivity contribution in [1.82, 2.24) is 0 Å². The van der Waals surface area contributed by atoms with Crippen molar-refractivity contribution in [3.8, 4) is 0 Å². The molecule has 0 nitrogen and oxygen atoms in total. The van der Waals surface area contributed by atoms with E-state index in [1.54, 1.807) is 32.0 Å². The van der Waals surface area contributed by atoms with Crippen molar-refractivity contribution in [1.29, 1.82) is 0 Å². The molecule has 0 fully saturated rings. The Balaban J connectivity index is 2.17. The average Bonchev–Trinajstić information content (AvgIpc) is 2.59. The van der Waals surface area contributed by atoms with Crippen LogP contribution in [0.5, 0.6) is 0 Å². The predicted octanol–water partition coefficient (Wildman–Crippen LogP) is 4.73. The molecule has 0 atom stereocenters. The first-order chi connectivity index (χ1) is 8.08. The maximum absolute atomic E-state index is 2.29. The first-order valence-electron chi connectivity index (χ1n) is 6.23. The van der Waals surface area contributed by atoms with Gasteiger partial charge in [-0.2, -0.15) is 0 Å². The van der Waals surface area contributed by atoms with Crippen LogP contribution in [0.15, 0.2) is 0 Å². The number of thiophene rings is 2. The van der Waals surface area contributed by atoms with E-state index in [9.17, 15) is 0 Å². The van der Waals surface area contributed by atoms with Crippen LogP contribution in [0.1, 0.15) is 41.8 Å². The van der Waals surface area contributed by atoms with E-state index in [-0.39, 0.29) is 0 Å². The highest BCUT2D eigenvalue weighted by Crippen LogP contribution is 2.38. The summed E-state index contributed by atoms with van der Waals surface area (Å²) >= 11 is 3.97. The van der Waals surface area contributed by atoms with Crippen molar-refractivity contribution in [3.63, 3.8) is 0 Å². The Morgan fingerprint density at radius 1 is 0.588 bits per heavy atom. The van der Waals surface area contributed by atoms with E-state index in [0.29, 0.717) is 0 Å². The number of fused-ring (bicyclic) bond motifs is 2. The largest absolute Gasteiger partial charge is 0.145 e. The summed E-state index contributed by atoms with van der Waals surface area (Å²) in [5.41, 5.74) is 6.55. The molecule has 17 heavy (non-hydrogen) atoms. The summed E-state index contributed by atoms with van der Waals surface area (Å²) in [6.45, 7) is 9.15. The van der Waals surface area contributed by atoms with Gasteiger partial charge in [-0.05, 0) is 62.8 Å². The molecule has 0 aromatic carbocycles. The highest BCUT2D eigenvalue weighted by atomic mass is 32.1. The first-order valence-corrected chi connectivity index (χ1v) is 7.86. The molecular weight excluding hydrogens is 244 g/mol. The fraction of sp³-hybridized carbons (Fsp3) is 0.467. The lowest BCUT2D eigenvalue weighted by Crippen LogP contribution is -1.91. The van der Waals surface area contributed by atoms with Gasteiger partial charge in [0.2, 0.25) is 0 Å². The molecule has 0 amide bonds. The Morgan fingerprint density at radius 2 is 0.941 bits per heavy atom. The molecule has 0 aliphatic heterocycles. The molecule has 3 rings (SSSR count). The molecule has 2 heteroatoms. The number of hydrogen-bond acceptors (Lipinski definition) is 2. The Labute approximate surface area is 111 Å². The van der Waals surface area contributed by atoms with Gasteiger partial charge >= 0.3 is 0 Å². The summed E-state index contributed by atoms with van der Waals surface area (Å²) in [6.07, 6.45) is 3.67. The summed E-state index contributed by atoms with van der Waals surface area (Å²) in [5, 5.41) is 0. The van der Waals surface area contributed by atoms with Gasteiger partial charge in [-0.3, -0.25) is 0 Å². The van der Waals surface area contributed by atoms with E-state index < -0.39 is 0 Å². The van der Waals surface area contributed by atoms with Gasteiger partial charge in [0.15, 0.2) is 0 Å². The Kier molecular flexibility index (Phi) is 2.68. The van der Waals surface area contributed by atoms with E-state index >= 15 is 0 Å². The summed E-state index contributed by atoms with van der Waals surface area (Å²) in [6, 6.07) is 0. The van der Waals surface area contributed by atoms with Gasteiger partial charge in [0.1, 0.15) is 0 Å². The summed E-state index contributed by atoms with van der Waals surface area (Å²) < 4.78 is 0. The Hall–Kier alpha value is -0.600. The zero-order valence-electron chi connectivity index (χ0n) is 10.9. The summed E-state index contributed by atoms with van der Waals surface area (Å²) in [4.78, 5) is 6.16. The maximum atomic E-state index is 2.29. The quantitative estimate of drug-likeness (QED) is 0.643. The van der Waals surface area contributed by atoms with Crippen molar-refractivity contribution in [2.75, 3.05) is 0 Å². The van der Waals surface area contributed by atoms with Crippen molar-refractivity contribution >= 4 is 22.7 Å². The topological polar surface area (TPSA) is 0 Å². The van der Waals surface area contributed by atoms with Crippen LogP contribution in [0.3, 0.4) is 0 Å². The van der Waals surface area contributed by atoms with Crippen molar-refractivity contribution < 1.29 is 0 Å². The molecule has 0 N–H and O–H groups in total. The summed E-state index contributed by atoms with van der Waals surface area (Å²) in [7, 11) is 0. The van der Waals surface area contributed by atoms with Crippen LogP contribution >= 0.6 is 22.7 Å². The predicted molar refractivity (Wildman–Crippen MR) is 77.8 cm³/mol. The highest BCUT2D eigenvalue weighted by Gasteiger charge is 2.22. The normalized spacial score (nSPS) is 14.4. The SMILES string of the molecule is Cc1sc(C)c2c1CCc1c(C)sc(C)c1C2. The van der Waals surface area contributed by atoms with Gasteiger partial charge in [-0.25, -0.2) is 0 Å². The molecule has 90 valence electrons. The molecule has 0 saturated carbocycles. The fourth-order valence-electron chi connectivity index (χ4n) is 3.10. The van der Waals surface area contributed by atoms with Crippen molar-refractivity contribution in [2.24, 2.45) is 0 Å². The third-order valence-electron chi connectivity index (χ3n) is 4.02. The van der Waals surface area contributed by atoms with Gasteiger partial charge in [0.25, 0.3) is 0 Å². The van der Waals surface area contributed by atoms with Crippen LogP contribution < -0.4 is 0 Å². The van der Waals surface area contributed by atoms with E-state index in [2.05, 4.69) is 27.7 Å². The molecule has 0 spiro atoms. The Bertz CT molecular complexity index is 532. The lowest BCUT2D eigenvalue weighted by molar-refractivity contribution is 0.958. The van der Waals surface area contributed by atoms with Crippen LogP contribution in [0.2, 0.25) is 0 Å². The minimum absolute atomic E-state index is 1.18. The molecule has 2 aromatic heterocycles. The Morgan fingerprint density at radius 3 is 1.35 bits per heavy atom. The minimum Gasteiger partial charge on any atom is -0.145 e. The molecule has 0 bridgehead atoms. The minimum atomic E-state index is 1.18. The first kappa shape index (κ1) is 11.5. The molecule has 0 unspecified atom stereocenters. The molecular formula is C15H18S2. The molecule has 1 aliphatic rings. The van der Waals surface area contributed by atoms with Gasteiger partial charge in [0.05, 0.1) is 0 Å². The van der Waals surface area contributed by atoms with E-state index in [4.69, 9.17) is 0 Å². The standard InChI is InChI=1S/C15H18S2/c1-8-12-5-6-13-9(2)17-11(4)15(13)7-14(12)10(3)16-8/h5-7H2,1-4H3. The van der Waals surface area contributed by atoms with Crippen LogP contribution in [0.4, 0.5) is 0 Å². The van der Waals surface area contributed by atoms with E-state index in [0.717, 1.165) is 0 Å². The fourth-order valence-corrected chi connectivity index (χ4v) is 5.35. The molecule has 0 saturated heterocycles. The van der Waals surface area contributed by atoms with Crippen LogP contribution in [-0.2, 0) is 19.3 Å². The van der Waals surface area contributed by atoms with Crippen molar-refractivity contribution in [2.45, 2.75) is 47.0 Å². The molecule has 2 heterocycles. The smallest absolute Gasteiger partial charge is 0.00552 e. The number of rotatable bonds is 0. The third kappa shape index (κ3) is 1.69. The monoisotopic (exact) mass is 262 g/mol. The third-order valence-corrected chi connectivity index (χ3v) is 6.23. The van der Waals surface area contributed by atoms with Crippen LogP contribution in [0, 0.1) is 27.7 Å². The van der Waals surface area contributed by atoms with Crippen LogP contribution in [0.25, 0.3) is 0 Å². The highest BCUT2D eigenvalue weighted by molar-refractivity contribution is 7.12. The van der Waals surface area contributed by atoms with Crippen LogP contribution in [-0.4, -0.2) is 0 Å². The van der Waals surface area contributed by atoms with Gasteiger partial charge in [-0.1, -0.05) is 0 Å². The van der Waals surface area contributed by atoms with Crippen molar-refractivity contribution in [3.05, 3.63) is 41.8 Å². The average molecular weight is 262 g/mol. The second-order valence-electron chi connectivity index (χ2n) is 5.02.